The maximum absolute atomic E-state index is 6.56. The Morgan fingerprint density at radius 1 is 1.10 bits per heavy atom. The van der Waals surface area contributed by atoms with Crippen molar-refractivity contribution in [2.75, 3.05) is 6.61 Å². The summed E-state index contributed by atoms with van der Waals surface area (Å²) in [6.07, 6.45) is 11.7. The predicted molar refractivity (Wildman–Crippen MR) is 122 cm³/mol. The number of pyridine rings is 1. The summed E-state index contributed by atoms with van der Waals surface area (Å²) in [5, 5.41) is 6.06. The number of rotatable bonds is 5. The average Bonchev–Trinajstić information content (AvgIpc) is 3.24. The number of aryl methyl sites for hydroxylation is 1. The summed E-state index contributed by atoms with van der Waals surface area (Å²) in [6.45, 7) is 0.680. The lowest BCUT2D eigenvalue weighted by Crippen LogP contribution is -2.16. The van der Waals surface area contributed by atoms with E-state index < -0.39 is 0 Å². The average molecular weight is 434 g/mol. The first kappa shape index (κ1) is 19.9. The molecular weight excluding hydrogens is 410 g/mol. The third kappa shape index (κ3) is 4.26. The molecule has 0 spiro atoms. The Morgan fingerprint density at radius 2 is 1.97 bits per heavy atom. The number of benzene rings is 1. The standard InChI is InChI=1S/C24H24ClN5O/c1-30-11-9-20(29-30)24-23(18-12-17-8-5-10-26-22(17)19(25)13-18)28-21(14-27-24)31-15-16-6-3-2-4-7-16/h5,8-14,16H,2-4,6-7,15H2,1H3. The van der Waals surface area contributed by atoms with Crippen molar-refractivity contribution >= 4 is 22.5 Å². The number of ether oxygens (including phenoxy) is 1. The van der Waals surface area contributed by atoms with Gasteiger partial charge in [-0.25, -0.2) is 9.97 Å². The van der Waals surface area contributed by atoms with Crippen molar-refractivity contribution in [2.24, 2.45) is 13.0 Å². The van der Waals surface area contributed by atoms with Gasteiger partial charge in [-0.15, -0.1) is 0 Å². The topological polar surface area (TPSA) is 65.7 Å². The normalized spacial score (nSPS) is 14.8. The Kier molecular flexibility index (Phi) is 5.55. The number of hydrogen-bond acceptors (Lipinski definition) is 5. The zero-order chi connectivity index (χ0) is 21.2. The molecule has 1 aliphatic rings. The lowest BCUT2D eigenvalue weighted by Gasteiger charge is -2.21. The summed E-state index contributed by atoms with van der Waals surface area (Å²) in [5.74, 6) is 1.12. The van der Waals surface area contributed by atoms with Crippen LogP contribution in [0.5, 0.6) is 5.88 Å². The van der Waals surface area contributed by atoms with E-state index in [1.54, 1.807) is 17.1 Å². The van der Waals surface area contributed by atoms with Gasteiger partial charge >= 0.3 is 0 Å². The minimum atomic E-state index is 0.530. The molecule has 31 heavy (non-hydrogen) atoms. The summed E-state index contributed by atoms with van der Waals surface area (Å²) in [7, 11) is 1.89. The monoisotopic (exact) mass is 433 g/mol. The minimum Gasteiger partial charge on any atom is -0.476 e. The summed E-state index contributed by atoms with van der Waals surface area (Å²) < 4.78 is 7.83. The first-order valence-electron chi connectivity index (χ1n) is 10.7. The van der Waals surface area contributed by atoms with Gasteiger partial charge in [0, 0.05) is 30.4 Å². The molecular formula is C24H24ClN5O. The first-order valence-corrected chi connectivity index (χ1v) is 11.1. The Balaban J connectivity index is 1.55. The van der Waals surface area contributed by atoms with Crippen LogP contribution in [0.2, 0.25) is 5.02 Å². The van der Waals surface area contributed by atoms with Crippen LogP contribution in [0.4, 0.5) is 0 Å². The van der Waals surface area contributed by atoms with Crippen LogP contribution >= 0.6 is 11.6 Å². The zero-order valence-corrected chi connectivity index (χ0v) is 18.2. The van der Waals surface area contributed by atoms with Crippen LogP contribution in [0.15, 0.2) is 48.9 Å². The minimum absolute atomic E-state index is 0.530. The quantitative estimate of drug-likeness (QED) is 0.403. The van der Waals surface area contributed by atoms with Crippen molar-refractivity contribution in [2.45, 2.75) is 32.1 Å². The second-order valence-electron chi connectivity index (χ2n) is 8.13. The Bertz CT molecular complexity index is 1220. The van der Waals surface area contributed by atoms with E-state index >= 15 is 0 Å². The van der Waals surface area contributed by atoms with E-state index in [-0.39, 0.29) is 0 Å². The van der Waals surface area contributed by atoms with Crippen molar-refractivity contribution in [1.29, 1.82) is 0 Å². The number of nitrogens with zero attached hydrogens (tertiary/aromatic N) is 5. The summed E-state index contributed by atoms with van der Waals surface area (Å²) in [6, 6.07) is 9.75. The molecule has 4 aromatic rings. The molecule has 7 heteroatoms. The van der Waals surface area contributed by atoms with Gasteiger partial charge < -0.3 is 4.74 Å². The van der Waals surface area contributed by atoms with Gasteiger partial charge in [-0.3, -0.25) is 9.67 Å². The molecule has 5 rings (SSSR count). The van der Waals surface area contributed by atoms with Crippen LogP contribution in [0, 0.1) is 5.92 Å². The fourth-order valence-electron chi connectivity index (χ4n) is 4.21. The van der Waals surface area contributed by atoms with Crippen molar-refractivity contribution in [1.82, 2.24) is 24.7 Å². The van der Waals surface area contributed by atoms with E-state index in [0.717, 1.165) is 22.2 Å². The molecule has 3 heterocycles. The highest BCUT2D eigenvalue weighted by atomic mass is 35.5. The van der Waals surface area contributed by atoms with Crippen LogP contribution in [-0.2, 0) is 7.05 Å². The number of hydrogen-bond donors (Lipinski definition) is 0. The molecule has 0 aliphatic heterocycles. The molecule has 0 radical (unpaired) electrons. The maximum atomic E-state index is 6.56. The van der Waals surface area contributed by atoms with E-state index in [1.165, 1.54) is 32.1 Å². The third-order valence-corrected chi connectivity index (χ3v) is 6.12. The van der Waals surface area contributed by atoms with E-state index in [2.05, 4.69) is 10.1 Å². The van der Waals surface area contributed by atoms with Crippen molar-refractivity contribution in [3.63, 3.8) is 0 Å². The molecule has 1 aromatic carbocycles. The zero-order valence-electron chi connectivity index (χ0n) is 17.5. The molecule has 1 aliphatic carbocycles. The van der Waals surface area contributed by atoms with Gasteiger partial charge in [0.2, 0.25) is 5.88 Å². The lowest BCUT2D eigenvalue weighted by atomic mass is 9.90. The molecule has 6 nitrogen and oxygen atoms in total. The van der Waals surface area contributed by atoms with E-state index in [9.17, 15) is 0 Å². The molecule has 158 valence electrons. The third-order valence-electron chi connectivity index (χ3n) is 5.83. The molecule has 3 aromatic heterocycles. The Morgan fingerprint density at radius 3 is 2.77 bits per heavy atom. The van der Waals surface area contributed by atoms with E-state index in [4.69, 9.17) is 26.3 Å². The van der Waals surface area contributed by atoms with Gasteiger partial charge in [-0.05, 0) is 43.0 Å². The molecule has 0 saturated heterocycles. The number of fused-ring (bicyclic) bond motifs is 1. The smallest absolute Gasteiger partial charge is 0.232 e. The largest absolute Gasteiger partial charge is 0.476 e. The second-order valence-corrected chi connectivity index (χ2v) is 8.54. The molecule has 0 bridgehead atoms. The van der Waals surface area contributed by atoms with Gasteiger partial charge in [-0.2, -0.15) is 5.10 Å². The van der Waals surface area contributed by atoms with Gasteiger partial charge in [0.1, 0.15) is 17.1 Å². The fourth-order valence-corrected chi connectivity index (χ4v) is 4.49. The van der Waals surface area contributed by atoms with Gasteiger partial charge in [0.15, 0.2) is 0 Å². The first-order chi connectivity index (χ1) is 15.2. The lowest BCUT2D eigenvalue weighted by molar-refractivity contribution is 0.202. The van der Waals surface area contributed by atoms with Crippen molar-refractivity contribution in [3.05, 3.63) is 53.9 Å². The van der Waals surface area contributed by atoms with Crippen molar-refractivity contribution in [3.8, 4) is 28.5 Å². The summed E-state index contributed by atoms with van der Waals surface area (Å²) >= 11 is 6.56. The fraction of sp³-hybridized carbons (Fsp3) is 0.333. The molecule has 1 fully saturated rings. The van der Waals surface area contributed by atoms with Crippen LogP contribution in [0.25, 0.3) is 33.5 Å². The Labute approximate surface area is 186 Å². The molecule has 0 atom stereocenters. The molecule has 0 unspecified atom stereocenters. The van der Waals surface area contributed by atoms with Crippen molar-refractivity contribution < 1.29 is 4.74 Å². The van der Waals surface area contributed by atoms with Crippen LogP contribution in [-0.4, -0.2) is 31.3 Å². The van der Waals surface area contributed by atoms with Crippen LogP contribution in [0.1, 0.15) is 32.1 Å². The Hall–Kier alpha value is -2.99. The van der Waals surface area contributed by atoms with Crippen LogP contribution in [0.3, 0.4) is 0 Å². The van der Waals surface area contributed by atoms with Gasteiger partial charge in [0.05, 0.1) is 23.3 Å². The maximum Gasteiger partial charge on any atom is 0.232 e. The summed E-state index contributed by atoms with van der Waals surface area (Å²) in [4.78, 5) is 13.9. The molecule has 0 N–H and O–H groups in total. The number of aromatic nitrogens is 5. The van der Waals surface area contributed by atoms with Crippen LogP contribution < -0.4 is 4.74 Å². The summed E-state index contributed by atoms with van der Waals surface area (Å²) in [5.41, 5.74) is 3.79. The highest BCUT2D eigenvalue weighted by molar-refractivity contribution is 6.35. The van der Waals surface area contributed by atoms with Gasteiger partial charge in [-0.1, -0.05) is 36.9 Å². The number of halogens is 1. The van der Waals surface area contributed by atoms with Gasteiger partial charge in [0.25, 0.3) is 0 Å². The highest BCUT2D eigenvalue weighted by Gasteiger charge is 2.18. The molecule has 0 amide bonds. The predicted octanol–water partition coefficient (Wildman–Crippen LogP) is 5.70. The van der Waals surface area contributed by atoms with E-state index in [0.29, 0.717) is 34.8 Å². The van der Waals surface area contributed by atoms with E-state index in [1.807, 2.05) is 43.6 Å². The SMILES string of the molecule is Cn1ccc(-c2ncc(OCC3CCCCC3)nc2-c2cc(Cl)c3ncccc3c2)n1. The molecule has 1 saturated carbocycles. The second kappa shape index (κ2) is 8.63. The highest BCUT2D eigenvalue weighted by Crippen LogP contribution is 2.34.